The molecule has 8 heteroatoms. The number of amides is 1. The summed E-state index contributed by atoms with van der Waals surface area (Å²) in [6.45, 7) is 0.798. The maximum atomic E-state index is 11.7. The van der Waals surface area contributed by atoms with E-state index in [2.05, 4.69) is 15.1 Å². The second-order valence-corrected chi connectivity index (χ2v) is 5.25. The van der Waals surface area contributed by atoms with Crippen molar-refractivity contribution in [1.82, 2.24) is 19.7 Å². The van der Waals surface area contributed by atoms with Gasteiger partial charge < -0.3 is 11.5 Å². The van der Waals surface area contributed by atoms with Crippen molar-refractivity contribution in [2.45, 2.75) is 11.7 Å². The summed E-state index contributed by atoms with van der Waals surface area (Å²) < 4.78 is 1.55. The van der Waals surface area contributed by atoms with E-state index in [0.717, 1.165) is 5.39 Å². The molecule has 0 aliphatic heterocycles. The van der Waals surface area contributed by atoms with Crippen LogP contribution in [-0.4, -0.2) is 38.5 Å². The number of carbonyl (C=O) groups is 1. The van der Waals surface area contributed by atoms with Crippen LogP contribution in [0.4, 0.5) is 0 Å². The second kappa shape index (κ2) is 5.30. The smallest absolute Gasteiger partial charge is 0.267 e. The summed E-state index contributed by atoms with van der Waals surface area (Å²) in [7, 11) is 0. The van der Waals surface area contributed by atoms with Gasteiger partial charge in [0.25, 0.3) is 5.91 Å². The van der Waals surface area contributed by atoms with E-state index >= 15 is 0 Å². The van der Waals surface area contributed by atoms with E-state index in [0.29, 0.717) is 40.4 Å². The number of rotatable bonds is 4. The third-order valence-electron chi connectivity index (χ3n) is 3.19. The molecule has 0 saturated carbocycles. The number of hydrogen-bond donors (Lipinski definition) is 2. The number of thioether (sulfide) groups is 1. The predicted molar refractivity (Wildman–Crippen MR) is 82.2 cm³/mol. The highest BCUT2D eigenvalue weighted by atomic mass is 32.2. The highest BCUT2D eigenvalue weighted by Crippen LogP contribution is 2.26. The number of carbonyl (C=O) groups excluding carboxylic acids is 1. The van der Waals surface area contributed by atoms with Crippen LogP contribution >= 0.6 is 11.8 Å². The van der Waals surface area contributed by atoms with Crippen LogP contribution in [0, 0.1) is 0 Å². The van der Waals surface area contributed by atoms with Crippen LogP contribution in [0.5, 0.6) is 0 Å². The lowest BCUT2D eigenvalue weighted by atomic mass is 10.1. The van der Waals surface area contributed by atoms with Gasteiger partial charge in [-0.3, -0.25) is 9.48 Å². The minimum absolute atomic E-state index is 0.363. The maximum absolute atomic E-state index is 11.7. The van der Waals surface area contributed by atoms with Gasteiger partial charge in [0.15, 0.2) is 5.16 Å². The number of nitrogens with two attached hydrogens (primary N) is 2. The van der Waals surface area contributed by atoms with Crippen molar-refractivity contribution in [2.75, 3.05) is 12.8 Å². The van der Waals surface area contributed by atoms with Gasteiger partial charge in [-0.25, -0.2) is 9.97 Å². The molecule has 0 unspecified atom stereocenters. The molecule has 0 atom stereocenters. The molecule has 108 valence electrons. The third-order valence-corrected chi connectivity index (χ3v) is 3.76. The van der Waals surface area contributed by atoms with Gasteiger partial charge in [-0.1, -0.05) is 17.8 Å². The Bertz CT molecular complexity index is 843. The monoisotopic (exact) mass is 302 g/mol. The maximum Gasteiger partial charge on any atom is 0.267 e. The molecule has 0 spiro atoms. The summed E-state index contributed by atoms with van der Waals surface area (Å²) in [4.78, 5) is 20.4. The van der Waals surface area contributed by atoms with Gasteiger partial charge in [-0.05, 0) is 12.3 Å². The Morgan fingerprint density at radius 2 is 2.19 bits per heavy atom. The number of nitrogens with zero attached hydrogens (tertiary/aromatic N) is 4. The Morgan fingerprint density at radius 1 is 1.38 bits per heavy atom. The molecule has 0 saturated heterocycles. The van der Waals surface area contributed by atoms with Crippen LogP contribution in [0.2, 0.25) is 0 Å². The summed E-state index contributed by atoms with van der Waals surface area (Å²) in [5, 5.41) is 6.68. The summed E-state index contributed by atoms with van der Waals surface area (Å²) in [5.74, 6) is -0.524. The minimum Gasteiger partial charge on any atom is -0.364 e. The normalized spacial score (nSPS) is 11.3. The zero-order valence-corrected chi connectivity index (χ0v) is 12.2. The van der Waals surface area contributed by atoms with E-state index in [9.17, 15) is 4.79 Å². The van der Waals surface area contributed by atoms with Crippen LogP contribution in [0.15, 0.2) is 23.5 Å². The van der Waals surface area contributed by atoms with Crippen LogP contribution < -0.4 is 11.5 Å². The lowest BCUT2D eigenvalue weighted by Crippen LogP contribution is -2.21. The number of fused-ring (bicyclic) bond motifs is 3. The highest BCUT2D eigenvalue weighted by molar-refractivity contribution is 7.98. The number of primary amides is 1. The first-order chi connectivity index (χ1) is 10.2. The van der Waals surface area contributed by atoms with Crippen LogP contribution in [0.1, 0.15) is 10.5 Å². The molecule has 1 aromatic carbocycles. The fraction of sp³-hybridized carbons (Fsp3) is 0.231. The largest absolute Gasteiger partial charge is 0.364 e. The Hall–Kier alpha value is -2.19. The van der Waals surface area contributed by atoms with Gasteiger partial charge in [0.1, 0.15) is 16.7 Å². The first-order valence-electron chi connectivity index (χ1n) is 6.36. The van der Waals surface area contributed by atoms with Crippen molar-refractivity contribution >= 4 is 39.5 Å². The molecule has 2 heterocycles. The first-order valence-corrected chi connectivity index (χ1v) is 7.58. The van der Waals surface area contributed by atoms with Crippen LogP contribution in [0.25, 0.3) is 21.8 Å². The first kappa shape index (κ1) is 13.8. The Morgan fingerprint density at radius 3 is 2.86 bits per heavy atom. The van der Waals surface area contributed by atoms with Crippen molar-refractivity contribution in [3.63, 3.8) is 0 Å². The van der Waals surface area contributed by atoms with Crippen LogP contribution in [-0.2, 0) is 6.54 Å². The third kappa shape index (κ3) is 2.22. The number of benzene rings is 1. The molecule has 3 rings (SSSR count). The standard InChI is InChI=1S/C13H14N6OS/c1-21-13-16-6-7-2-3-8-10(9(7)17-13)18-19(5-4-14)11(8)12(15)20/h2-3,6H,4-5,14H2,1H3,(H2,15,20). The lowest BCUT2D eigenvalue weighted by Gasteiger charge is -2.01. The molecule has 0 radical (unpaired) electrons. The molecule has 3 aromatic rings. The summed E-state index contributed by atoms with van der Waals surface area (Å²) in [5.41, 5.74) is 12.8. The Balaban J connectivity index is 2.39. The fourth-order valence-electron chi connectivity index (χ4n) is 2.31. The van der Waals surface area contributed by atoms with Crippen molar-refractivity contribution in [3.05, 3.63) is 24.0 Å². The Kier molecular flexibility index (Phi) is 3.48. The predicted octanol–water partition coefficient (Wildman–Crippen LogP) is 0.759. The summed E-state index contributed by atoms with van der Waals surface area (Å²) >= 11 is 1.45. The molecule has 7 nitrogen and oxygen atoms in total. The van der Waals surface area contributed by atoms with E-state index in [4.69, 9.17) is 11.5 Å². The fourth-order valence-corrected chi connectivity index (χ4v) is 2.65. The minimum atomic E-state index is -0.524. The Labute approximate surface area is 124 Å². The van der Waals surface area contributed by atoms with Crippen molar-refractivity contribution < 1.29 is 4.79 Å². The molecule has 1 amide bonds. The average molecular weight is 302 g/mol. The zero-order valence-electron chi connectivity index (χ0n) is 11.4. The van der Waals surface area contributed by atoms with Crippen molar-refractivity contribution in [1.29, 1.82) is 0 Å². The topological polar surface area (TPSA) is 113 Å². The highest BCUT2D eigenvalue weighted by Gasteiger charge is 2.18. The molecule has 0 fully saturated rings. The second-order valence-electron chi connectivity index (χ2n) is 4.48. The molecule has 0 bridgehead atoms. The molecular weight excluding hydrogens is 288 g/mol. The van der Waals surface area contributed by atoms with E-state index in [1.807, 2.05) is 18.4 Å². The van der Waals surface area contributed by atoms with Gasteiger partial charge in [-0.2, -0.15) is 5.10 Å². The molecule has 21 heavy (non-hydrogen) atoms. The van der Waals surface area contributed by atoms with E-state index < -0.39 is 5.91 Å². The van der Waals surface area contributed by atoms with Gasteiger partial charge in [0.05, 0.1) is 6.54 Å². The van der Waals surface area contributed by atoms with E-state index in [-0.39, 0.29) is 0 Å². The van der Waals surface area contributed by atoms with Gasteiger partial charge in [0, 0.05) is 23.5 Å². The quantitative estimate of drug-likeness (QED) is 0.543. The van der Waals surface area contributed by atoms with Crippen LogP contribution in [0.3, 0.4) is 0 Å². The number of hydrogen-bond acceptors (Lipinski definition) is 6. The lowest BCUT2D eigenvalue weighted by molar-refractivity contribution is 0.0991. The average Bonchev–Trinajstić information content (AvgIpc) is 2.85. The summed E-state index contributed by atoms with van der Waals surface area (Å²) in [6, 6.07) is 3.68. The molecule has 4 N–H and O–H groups in total. The van der Waals surface area contributed by atoms with Crippen molar-refractivity contribution in [2.24, 2.45) is 11.5 Å². The van der Waals surface area contributed by atoms with Gasteiger partial charge in [-0.15, -0.1) is 0 Å². The van der Waals surface area contributed by atoms with Gasteiger partial charge in [0.2, 0.25) is 0 Å². The van der Waals surface area contributed by atoms with E-state index in [1.165, 1.54) is 11.8 Å². The van der Waals surface area contributed by atoms with Crippen molar-refractivity contribution in [3.8, 4) is 0 Å². The summed E-state index contributed by atoms with van der Waals surface area (Å²) in [6.07, 6.45) is 3.66. The molecular formula is C13H14N6OS. The van der Waals surface area contributed by atoms with E-state index in [1.54, 1.807) is 10.9 Å². The number of aromatic nitrogens is 4. The molecule has 0 aliphatic carbocycles. The van der Waals surface area contributed by atoms with Gasteiger partial charge >= 0.3 is 0 Å². The SMILES string of the molecule is CSc1ncc2ccc3c(C(N)=O)n(CCN)nc3c2n1. The molecule has 0 aliphatic rings. The molecule has 2 aromatic heterocycles. The zero-order chi connectivity index (χ0) is 15.0.